The first-order valence-electron chi connectivity index (χ1n) is 8.35. The fourth-order valence-electron chi connectivity index (χ4n) is 3.08. The van der Waals surface area contributed by atoms with Crippen LogP contribution in [0.2, 0.25) is 0 Å². The van der Waals surface area contributed by atoms with Crippen molar-refractivity contribution >= 4 is 0 Å². The lowest BCUT2D eigenvalue weighted by Crippen LogP contribution is -1.99. The number of rotatable bonds is 5. The molecule has 2 heterocycles. The van der Waals surface area contributed by atoms with Crippen molar-refractivity contribution in [3.05, 3.63) is 82.9 Å². The number of aromatic nitrogens is 2. The first-order valence-corrected chi connectivity index (χ1v) is 8.35. The van der Waals surface area contributed by atoms with Crippen molar-refractivity contribution in [2.75, 3.05) is 0 Å². The third kappa shape index (κ3) is 3.73. The highest BCUT2D eigenvalue weighted by Crippen LogP contribution is 2.28. The van der Waals surface area contributed by atoms with Crippen molar-refractivity contribution in [2.45, 2.75) is 33.1 Å². The molecule has 3 rings (SSSR count). The number of hydrogen-bond donors (Lipinski definition) is 0. The Morgan fingerprint density at radius 2 is 1.88 bits per heavy atom. The zero-order valence-corrected chi connectivity index (χ0v) is 14.3. The van der Waals surface area contributed by atoms with Gasteiger partial charge in [-0.2, -0.15) is 0 Å². The Bertz CT molecular complexity index is 875. The molecule has 0 radical (unpaired) electrons. The minimum atomic E-state index is -2.44. The van der Waals surface area contributed by atoms with Gasteiger partial charge < -0.3 is 0 Å². The van der Waals surface area contributed by atoms with Gasteiger partial charge in [0.15, 0.2) is 0 Å². The van der Waals surface area contributed by atoms with Crippen LogP contribution in [-0.4, -0.2) is 9.97 Å². The van der Waals surface area contributed by atoms with E-state index in [1.807, 2.05) is 30.5 Å². The predicted octanol–water partition coefficient (Wildman–Crippen LogP) is 5.54. The summed E-state index contributed by atoms with van der Waals surface area (Å²) < 4.78 is 25.9. The van der Waals surface area contributed by atoms with Crippen LogP contribution in [0.5, 0.6) is 0 Å². The van der Waals surface area contributed by atoms with Gasteiger partial charge >= 0.3 is 0 Å². The van der Waals surface area contributed by atoms with E-state index in [1.54, 1.807) is 25.4 Å². The van der Waals surface area contributed by atoms with Crippen LogP contribution in [0, 0.1) is 6.92 Å². The number of halogens is 2. The van der Waals surface area contributed by atoms with Crippen LogP contribution in [-0.2, 0) is 12.8 Å². The number of benzene rings is 1. The van der Waals surface area contributed by atoms with Crippen LogP contribution in [0.25, 0.3) is 11.1 Å². The van der Waals surface area contributed by atoms with Gasteiger partial charge in [-0.1, -0.05) is 31.2 Å². The smallest absolute Gasteiger partial charge is 0.264 e. The topological polar surface area (TPSA) is 25.8 Å². The largest absolute Gasteiger partial charge is 0.264 e. The van der Waals surface area contributed by atoms with Gasteiger partial charge in [0.2, 0.25) is 0 Å². The van der Waals surface area contributed by atoms with E-state index in [-0.39, 0.29) is 5.56 Å². The fourth-order valence-corrected chi connectivity index (χ4v) is 3.08. The fraction of sp³-hybridized carbons (Fsp3) is 0.238. The molecule has 0 saturated heterocycles. The van der Waals surface area contributed by atoms with Gasteiger partial charge in [-0.15, -0.1) is 0 Å². The Hall–Kier alpha value is -2.62. The van der Waals surface area contributed by atoms with Crippen molar-refractivity contribution in [1.82, 2.24) is 9.97 Å². The maximum atomic E-state index is 12.9. The summed E-state index contributed by atoms with van der Waals surface area (Å²) in [5.41, 5.74) is 5.94. The second kappa shape index (κ2) is 7.51. The Morgan fingerprint density at radius 1 is 1.04 bits per heavy atom. The summed E-state index contributed by atoms with van der Waals surface area (Å²) in [5.74, 6) is 0. The average molecular weight is 338 g/mol. The van der Waals surface area contributed by atoms with Gasteiger partial charge in [0.05, 0.1) is 5.69 Å². The van der Waals surface area contributed by atoms with Gasteiger partial charge in [0.1, 0.15) is 0 Å². The quantitative estimate of drug-likeness (QED) is 0.610. The molecule has 2 aromatic heterocycles. The molecule has 128 valence electrons. The van der Waals surface area contributed by atoms with Crippen molar-refractivity contribution in [3.8, 4) is 11.1 Å². The molecule has 0 bridgehead atoms. The molecular formula is C21H20F2N2. The summed E-state index contributed by atoms with van der Waals surface area (Å²) in [6.07, 6.45) is 4.49. The van der Waals surface area contributed by atoms with Gasteiger partial charge in [-0.05, 0) is 42.2 Å². The number of hydrogen-bond acceptors (Lipinski definition) is 2. The summed E-state index contributed by atoms with van der Waals surface area (Å²) in [4.78, 5) is 8.79. The van der Waals surface area contributed by atoms with E-state index >= 15 is 0 Å². The molecule has 0 aliphatic carbocycles. The van der Waals surface area contributed by atoms with Crippen LogP contribution in [0.15, 0.2) is 55.0 Å². The van der Waals surface area contributed by atoms with Crippen LogP contribution < -0.4 is 0 Å². The van der Waals surface area contributed by atoms with E-state index in [2.05, 4.69) is 16.9 Å². The molecule has 0 fully saturated rings. The van der Waals surface area contributed by atoms with Gasteiger partial charge in [0, 0.05) is 41.7 Å². The minimum absolute atomic E-state index is 0.0884. The molecule has 0 spiro atoms. The molecule has 1 aromatic carbocycles. The number of aryl methyl sites for hydroxylation is 2. The zero-order valence-electron chi connectivity index (χ0n) is 14.3. The number of alkyl halides is 2. The molecule has 0 unspecified atom stereocenters. The molecule has 0 aliphatic rings. The summed E-state index contributed by atoms with van der Waals surface area (Å²) in [6, 6.07) is 11.1. The van der Waals surface area contributed by atoms with E-state index < -0.39 is 6.43 Å². The Morgan fingerprint density at radius 3 is 2.60 bits per heavy atom. The normalized spacial score (nSPS) is 11.1. The zero-order chi connectivity index (χ0) is 17.8. The summed E-state index contributed by atoms with van der Waals surface area (Å²) in [5, 5.41) is 0. The van der Waals surface area contributed by atoms with Crippen LogP contribution in [0.1, 0.15) is 41.3 Å². The number of pyridine rings is 2. The molecule has 4 heteroatoms. The molecule has 0 saturated carbocycles. The first kappa shape index (κ1) is 17.2. The van der Waals surface area contributed by atoms with E-state index in [0.717, 1.165) is 28.8 Å². The Balaban J connectivity index is 1.98. The highest BCUT2D eigenvalue weighted by atomic mass is 19.3. The molecule has 0 N–H and O–H groups in total. The molecular weight excluding hydrogens is 318 g/mol. The van der Waals surface area contributed by atoms with Crippen LogP contribution in [0.3, 0.4) is 0 Å². The molecule has 0 atom stereocenters. The lowest BCUT2D eigenvalue weighted by molar-refractivity contribution is 0.150. The van der Waals surface area contributed by atoms with Crippen LogP contribution in [0.4, 0.5) is 8.78 Å². The standard InChI is InChI=1S/C21H20F2N2/c1-3-16-8-10-24-13-19(16)18-5-4-9-25-20(18)12-15-6-7-17(21(22)23)14(2)11-15/h4-11,13,21H,3,12H2,1-2H3. The Kier molecular flexibility index (Phi) is 5.17. The van der Waals surface area contributed by atoms with Crippen molar-refractivity contribution in [1.29, 1.82) is 0 Å². The highest BCUT2D eigenvalue weighted by Gasteiger charge is 2.13. The monoisotopic (exact) mass is 338 g/mol. The summed E-state index contributed by atoms with van der Waals surface area (Å²) in [7, 11) is 0. The minimum Gasteiger partial charge on any atom is -0.264 e. The second-order valence-corrected chi connectivity index (χ2v) is 6.05. The van der Waals surface area contributed by atoms with Gasteiger partial charge in [-0.25, -0.2) is 8.78 Å². The van der Waals surface area contributed by atoms with Gasteiger partial charge in [0.25, 0.3) is 6.43 Å². The third-order valence-electron chi connectivity index (χ3n) is 4.41. The van der Waals surface area contributed by atoms with E-state index in [0.29, 0.717) is 12.0 Å². The molecule has 0 amide bonds. The Labute approximate surface area is 146 Å². The SMILES string of the molecule is CCc1ccncc1-c1cccnc1Cc1ccc(C(F)F)c(C)c1. The third-order valence-corrected chi connectivity index (χ3v) is 4.41. The number of nitrogens with zero attached hydrogens (tertiary/aromatic N) is 2. The van der Waals surface area contributed by atoms with E-state index in [9.17, 15) is 8.78 Å². The first-order chi connectivity index (χ1) is 12.1. The van der Waals surface area contributed by atoms with Crippen molar-refractivity contribution in [3.63, 3.8) is 0 Å². The maximum Gasteiger partial charge on any atom is 0.264 e. The lowest BCUT2D eigenvalue weighted by Gasteiger charge is -2.13. The van der Waals surface area contributed by atoms with E-state index in [1.165, 1.54) is 11.6 Å². The van der Waals surface area contributed by atoms with Gasteiger partial charge in [-0.3, -0.25) is 9.97 Å². The molecule has 0 aliphatic heterocycles. The van der Waals surface area contributed by atoms with E-state index in [4.69, 9.17) is 0 Å². The molecule has 3 aromatic rings. The highest BCUT2D eigenvalue weighted by molar-refractivity contribution is 5.69. The lowest BCUT2D eigenvalue weighted by atomic mass is 9.95. The summed E-state index contributed by atoms with van der Waals surface area (Å²) >= 11 is 0. The van der Waals surface area contributed by atoms with Crippen molar-refractivity contribution < 1.29 is 8.78 Å². The summed E-state index contributed by atoms with van der Waals surface area (Å²) in [6.45, 7) is 3.84. The second-order valence-electron chi connectivity index (χ2n) is 6.05. The molecule has 2 nitrogen and oxygen atoms in total. The molecule has 25 heavy (non-hydrogen) atoms. The van der Waals surface area contributed by atoms with Crippen LogP contribution >= 0.6 is 0 Å². The van der Waals surface area contributed by atoms with Crippen molar-refractivity contribution in [2.24, 2.45) is 0 Å². The average Bonchev–Trinajstić information content (AvgIpc) is 2.62. The maximum absolute atomic E-state index is 12.9. The predicted molar refractivity (Wildman–Crippen MR) is 95.8 cm³/mol.